The minimum Gasteiger partial charge on any atom is -0.394 e. The van der Waals surface area contributed by atoms with Crippen LogP contribution in [-0.4, -0.2) is 169 Å². The number of aliphatic hydroxyl groups excluding tert-OH is 10. The molecule has 3 saturated heterocycles. The van der Waals surface area contributed by atoms with E-state index in [0.717, 1.165) is 6.92 Å². The fraction of sp³-hybridized carbons (Fsp3) is 0.950. The van der Waals surface area contributed by atoms with Crippen LogP contribution in [0.15, 0.2) is 0 Å². The number of hydrogen-bond acceptors (Lipinski definition) is 16. The van der Waals surface area contributed by atoms with Gasteiger partial charge < -0.3 is 80.1 Å². The van der Waals surface area contributed by atoms with Gasteiger partial charge >= 0.3 is 0 Å². The second-order valence-corrected chi connectivity index (χ2v) is 9.11. The molecule has 0 aromatic rings. The summed E-state index contributed by atoms with van der Waals surface area (Å²) >= 11 is 0. The highest BCUT2D eigenvalue weighted by molar-refractivity contribution is 5.73. The van der Waals surface area contributed by atoms with Crippen molar-refractivity contribution in [3.8, 4) is 0 Å². The van der Waals surface area contributed by atoms with E-state index in [4.69, 9.17) is 23.7 Å². The Hall–Kier alpha value is -1.13. The van der Waals surface area contributed by atoms with Crippen LogP contribution in [0.25, 0.3) is 0 Å². The maximum Gasteiger partial charge on any atom is 0.217 e. The zero-order valence-electron chi connectivity index (χ0n) is 19.7. The fourth-order valence-corrected chi connectivity index (χ4v) is 4.35. The summed E-state index contributed by atoms with van der Waals surface area (Å²) in [5.41, 5.74) is 0. The average Bonchev–Trinajstić information content (AvgIpc) is 2.86. The lowest BCUT2D eigenvalue weighted by Gasteiger charge is -2.47. The van der Waals surface area contributed by atoms with Gasteiger partial charge in [0.1, 0.15) is 73.2 Å². The van der Waals surface area contributed by atoms with E-state index in [1.54, 1.807) is 0 Å². The van der Waals surface area contributed by atoms with E-state index in [9.17, 15) is 55.9 Å². The molecule has 3 heterocycles. The Labute approximate surface area is 210 Å². The molecule has 0 radical (unpaired) electrons. The van der Waals surface area contributed by atoms with Crippen molar-refractivity contribution in [1.29, 1.82) is 0 Å². The van der Waals surface area contributed by atoms with E-state index in [1.807, 2.05) is 0 Å². The van der Waals surface area contributed by atoms with E-state index < -0.39 is 118 Å². The molecule has 17 heteroatoms. The van der Waals surface area contributed by atoms with Crippen LogP contribution in [0.5, 0.6) is 0 Å². The molecule has 0 aromatic carbocycles. The van der Waals surface area contributed by atoms with Gasteiger partial charge in [-0.3, -0.25) is 4.79 Å². The van der Waals surface area contributed by atoms with E-state index >= 15 is 0 Å². The Bertz CT molecular complexity index is 745. The maximum atomic E-state index is 11.9. The molecule has 0 spiro atoms. The molecule has 3 aliphatic rings. The van der Waals surface area contributed by atoms with Gasteiger partial charge in [0.05, 0.1) is 19.8 Å². The highest BCUT2D eigenvalue weighted by Gasteiger charge is 2.52. The van der Waals surface area contributed by atoms with Crippen molar-refractivity contribution in [3.05, 3.63) is 0 Å². The second kappa shape index (κ2) is 12.8. The first-order valence-electron chi connectivity index (χ1n) is 11.6. The Morgan fingerprint density at radius 1 is 0.703 bits per heavy atom. The molecule has 216 valence electrons. The zero-order chi connectivity index (χ0) is 27.6. The van der Waals surface area contributed by atoms with Crippen molar-refractivity contribution in [1.82, 2.24) is 5.32 Å². The highest BCUT2D eigenvalue weighted by Crippen LogP contribution is 2.30. The highest BCUT2D eigenvalue weighted by atomic mass is 16.7. The Balaban J connectivity index is 1.80. The summed E-state index contributed by atoms with van der Waals surface area (Å²) in [7, 11) is 0. The number of carbonyl (C=O) groups is 1. The number of nitrogens with one attached hydrogen (secondary N) is 1. The van der Waals surface area contributed by atoms with Crippen LogP contribution in [0.1, 0.15) is 6.92 Å². The SMILES string of the molecule is CC(=O)N[C@H]1[C@@H](OC[C@H]2OC(O)[C@H](O)[C@@H](O)[C@H]2O)O[C@H](CO)[C@H](O)[C@@H]1O[C@@H]1O[C@H](CO)[C@H](O)[C@H](O)[C@H]1O. The van der Waals surface area contributed by atoms with Crippen LogP contribution in [0.4, 0.5) is 0 Å². The summed E-state index contributed by atoms with van der Waals surface area (Å²) in [4.78, 5) is 11.9. The van der Waals surface area contributed by atoms with Gasteiger partial charge in [0, 0.05) is 6.92 Å². The van der Waals surface area contributed by atoms with E-state index in [0.29, 0.717) is 0 Å². The molecule has 3 rings (SSSR count). The predicted octanol–water partition coefficient (Wildman–Crippen LogP) is -7.43. The van der Waals surface area contributed by atoms with Crippen molar-refractivity contribution in [2.24, 2.45) is 0 Å². The Morgan fingerprint density at radius 3 is 1.84 bits per heavy atom. The van der Waals surface area contributed by atoms with Crippen molar-refractivity contribution in [3.63, 3.8) is 0 Å². The van der Waals surface area contributed by atoms with Gasteiger partial charge in [0.25, 0.3) is 0 Å². The van der Waals surface area contributed by atoms with Gasteiger partial charge in [-0.25, -0.2) is 0 Å². The number of amides is 1. The smallest absolute Gasteiger partial charge is 0.217 e. The largest absolute Gasteiger partial charge is 0.394 e. The molecule has 1 unspecified atom stereocenters. The predicted molar refractivity (Wildman–Crippen MR) is 113 cm³/mol. The number of aliphatic hydroxyl groups is 10. The molecule has 3 aliphatic heterocycles. The third kappa shape index (κ3) is 6.55. The first-order valence-corrected chi connectivity index (χ1v) is 11.6. The summed E-state index contributed by atoms with van der Waals surface area (Å²) < 4.78 is 27.1. The van der Waals surface area contributed by atoms with Gasteiger partial charge in [0.2, 0.25) is 5.91 Å². The molecular formula is C20H35NO16. The number of rotatable bonds is 8. The monoisotopic (exact) mass is 545 g/mol. The first-order chi connectivity index (χ1) is 17.4. The van der Waals surface area contributed by atoms with Gasteiger partial charge in [-0.2, -0.15) is 0 Å². The topological polar surface area (TPSA) is 278 Å². The Morgan fingerprint density at radius 2 is 1.24 bits per heavy atom. The molecule has 1 amide bonds. The summed E-state index contributed by atoms with van der Waals surface area (Å²) in [6.45, 7) is -0.982. The fourth-order valence-electron chi connectivity index (χ4n) is 4.35. The number of carbonyl (C=O) groups excluding carboxylic acids is 1. The van der Waals surface area contributed by atoms with Gasteiger partial charge in [-0.15, -0.1) is 0 Å². The quantitative estimate of drug-likeness (QED) is 0.135. The van der Waals surface area contributed by atoms with Crippen molar-refractivity contribution < 1.29 is 79.5 Å². The summed E-state index contributed by atoms with van der Waals surface area (Å²) in [6, 6.07) is -1.37. The molecule has 0 bridgehead atoms. The molecule has 37 heavy (non-hydrogen) atoms. The van der Waals surface area contributed by atoms with Crippen molar-refractivity contribution in [2.45, 2.75) is 99.0 Å². The molecule has 0 saturated carbocycles. The molecule has 17 nitrogen and oxygen atoms in total. The zero-order valence-corrected chi connectivity index (χ0v) is 19.7. The van der Waals surface area contributed by atoms with Crippen LogP contribution in [0.2, 0.25) is 0 Å². The third-order valence-corrected chi connectivity index (χ3v) is 6.48. The van der Waals surface area contributed by atoms with Crippen LogP contribution in [-0.2, 0) is 28.5 Å². The minimum absolute atomic E-state index is 0.580. The molecule has 11 N–H and O–H groups in total. The van der Waals surface area contributed by atoms with Crippen molar-refractivity contribution in [2.75, 3.05) is 19.8 Å². The maximum absolute atomic E-state index is 11.9. The lowest BCUT2D eigenvalue weighted by atomic mass is 9.95. The van der Waals surface area contributed by atoms with Crippen molar-refractivity contribution >= 4 is 5.91 Å². The standard InChI is InChI=1S/C20H35NO16/c1-5(24)21-9-17(37-20-16(31)14(29)10(25)6(2-22)36-20)12(27)7(3-23)35-19(9)33-4-8-11(26)13(28)15(30)18(32)34-8/h6-20,22-23,25-32H,2-4H2,1H3,(H,21,24)/t6-,7-,8-,9-,10+,11+,12+,13+,14+,15-,16-,17-,18?,19+,20+/m1/s1. The third-order valence-electron chi connectivity index (χ3n) is 6.48. The molecule has 3 fully saturated rings. The first kappa shape index (κ1) is 30.4. The second-order valence-electron chi connectivity index (χ2n) is 9.11. The summed E-state index contributed by atoms with van der Waals surface area (Å²) in [6.07, 6.45) is -22.9. The number of hydrogen-bond donors (Lipinski definition) is 11. The number of ether oxygens (including phenoxy) is 5. The van der Waals surface area contributed by atoms with Crippen LogP contribution in [0, 0.1) is 0 Å². The summed E-state index contributed by atoms with van der Waals surface area (Å²) in [5, 5.41) is 102. The lowest BCUT2D eigenvalue weighted by Crippen LogP contribution is -2.68. The van der Waals surface area contributed by atoms with Gasteiger partial charge in [-0.1, -0.05) is 0 Å². The minimum atomic E-state index is -1.85. The molecule has 15 atom stereocenters. The van der Waals surface area contributed by atoms with E-state index in [2.05, 4.69) is 5.32 Å². The van der Waals surface area contributed by atoms with E-state index in [1.165, 1.54) is 0 Å². The normalized spacial score (nSPS) is 49.0. The van der Waals surface area contributed by atoms with Gasteiger partial charge in [-0.05, 0) is 0 Å². The van der Waals surface area contributed by atoms with Crippen LogP contribution in [0.3, 0.4) is 0 Å². The molecule has 0 aromatic heterocycles. The average molecular weight is 545 g/mol. The summed E-state index contributed by atoms with van der Waals surface area (Å²) in [5.74, 6) is -0.651. The molecule has 0 aliphatic carbocycles. The van der Waals surface area contributed by atoms with E-state index in [-0.39, 0.29) is 0 Å². The lowest BCUT2D eigenvalue weighted by molar-refractivity contribution is -0.349. The molecular weight excluding hydrogens is 510 g/mol. The van der Waals surface area contributed by atoms with Gasteiger partial charge in [0.15, 0.2) is 18.9 Å². The van der Waals surface area contributed by atoms with Crippen LogP contribution >= 0.6 is 0 Å². The Kier molecular flexibility index (Phi) is 10.5. The van der Waals surface area contributed by atoms with Crippen LogP contribution < -0.4 is 5.32 Å².